The highest BCUT2D eigenvalue weighted by Gasteiger charge is 2.57. The van der Waals surface area contributed by atoms with Crippen molar-refractivity contribution in [2.45, 2.75) is 12.4 Å². The zero-order valence-corrected chi connectivity index (χ0v) is 7.26. The molecule has 0 aromatic rings. The topological polar surface area (TPSA) is 86.8 Å². The van der Waals surface area contributed by atoms with Crippen molar-refractivity contribution in [1.82, 2.24) is 4.90 Å². The smallest absolute Gasteiger partial charge is 0.426 e. The maximum absolute atomic E-state index is 11.3. The molecule has 72 valence electrons. The molecular formula is C7H13BN2O3. The summed E-state index contributed by atoms with van der Waals surface area (Å²) in [6.07, 6.45) is 1.01. The Morgan fingerprint density at radius 1 is 1.62 bits per heavy atom. The quantitative estimate of drug-likeness (QED) is 0.425. The van der Waals surface area contributed by atoms with Gasteiger partial charge in [0, 0.05) is 6.54 Å². The minimum atomic E-state index is -1.42. The van der Waals surface area contributed by atoms with E-state index in [2.05, 4.69) is 0 Å². The molecule has 1 amide bonds. The molecule has 2 fully saturated rings. The predicted molar refractivity (Wildman–Crippen MR) is 46.3 cm³/mol. The van der Waals surface area contributed by atoms with Crippen LogP contribution in [0.5, 0.6) is 0 Å². The van der Waals surface area contributed by atoms with Gasteiger partial charge in [0.05, 0.1) is 12.5 Å². The van der Waals surface area contributed by atoms with Crippen molar-refractivity contribution in [1.29, 1.82) is 0 Å². The summed E-state index contributed by atoms with van der Waals surface area (Å²) in [5, 5.41) is 18.2. The number of fused-ring (bicyclic) bond motifs is 1. The Hall–Kier alpha value is -0.585. The SMILES string of the molecule is NCC(=O)N1CC2CC2C1B(O)O. The van der Waals surface area contributed by atoms with Gasteiger partial charge in [0.1, 0.15) is 0 Å². The van der Waals surface area contributed by atoms with Gasteiger partial charge in [-0.3, -0.25) is 4.79 Å². The molecule has 0 radical (unpaired) electrons. The molecule has 0 bridgehead atoms. The van der Waals surface area contributed by atoms with Crippen molar-refractivity contribution in [3.8, 4) is 0 Å². The average Bonchev–Trinajstić information content (AvgIpc) is 2.74. The molecular weight excluding hydrogens is 171 g/mol. The minimum absolute atomic E-state index is 0.0529. The first kappa shape index (κ1) is 8.99. The first-order valence-corrected chi connectivity index (χ1v) is 4.51. The van der Waals surface area contributed by atoms with Crippen molar-refractivity contribution >= 4 is 13.0 Å². The number of hydrogen-bond donors (Lipinski definition) is 3. The van der Waals surface area contributed by atoms with Gasteiger partial charge in [0.25, 0.3) is 0 Å². The first-order valence-electron chi connectivity index (χ1n) is 4.51. The second kappa shape index (κ2) is 2.97. The monoisotopic (exact) mass is 184 g/mol. The molecule has 0 aromatic carbocycles. The normalized spacial score (nSPS) is 35.9. The van der Waals surface area contributed by atoms with Crippen LogP contribution in [0, 0.1) is 11.8 Å². The van der Waals surface area contributed by atoms with E-state index in [0.29, 0.717) is 12.5 Å². The van der Waals surface area contributed by atoms with Gasteiger partial charge in [-0.2, -0.15) is 0 Å². The van der Waals surface area contributed by atoms with Gasteiger partial charge < -0.3 is 20.7 Å². The molecule has 1 aliphatic carbocycles. The van der Waals surface area contributed by atoms with Crippen LogP contribution >= 0.6 is 0 Å². The summed E-state index contributed by atoms with van der Waals surface area (Å²) in [7, 11) is -1.42. The van der Waals surface area contributed by atoms with Crippen LogP contribution in [0.1, 0.15) is 6.42 Å². The molecule has 0 spiro atoms. The van der Waals surface area contributed by atoms with Crippen molar-refractivity contribution in [2.75, 3.05) is 13.1 Å². The van der Waals surface area contributed by atoms with E-state index in [-0.39, 0.29) is 18.4 Å². The lowest BCUT2D eigenvalue weighted by molar-refractivity contribution is -0.130. The molecule has 3 unspecified atom stereocenters. The number of piperidine rings is 1. The molecule has 1 saturated heterocycles. The third kappa shape index (κ3) is 1.35. The number of nitrogens with two attached hydrogens (primary N) is 1. The van der Waals surface area contributed by atoms with Crippen LogP contribution in [0.2, 0.25) is 0 Å². The first-order chi connectivity index (χ1) is 6.15. The molecule has 3 atom stereocenters. The van der Waals surface area contributed by atoms with E-state index in [9.17, 15) is 4.79 Å². The number of nitrogens with zero attached hydrogens (tertiary/aromatic N) is 1. The van der Waals surface area contributed by atoms with E-state index < -0.39 is 13.1 Å². The number of carbonyl (C=O) groups is 1. The van der Waals surface area contributed by atoms with Crippen molar-refractivity contribution in [3.63, 3.8) is 0 Å². The molecule has 2 aliphatic rings. The summed E-state index contributed by atoms with van der Waals surface area (Å²) in [6.45, 7) is 0.589. The van der Waals surface area contributed by atoms with E-state index in [1.54, 1.807) is 0 Å². The maximum Gasteiger partial charge on any atom is 0.476 e. The maximum atomic E-state index is 11.3. The van der Waals surface area contributed by atoms with Gasteiger partial charge in [-0.25, -0.2) is 0 Å². The fraction of sp³-hybridized carbons (Fsp3) is 0.857. The van der Waals surface area contributed by atoms with Crippen molar-refractivity contribution in [2.24, 2.45) is 17.6 Å². The second-order valence-electron chi connectivity index (χ2n) is 3.81. The van der Waals surface area contributed by atoms with Crippen molar-refractivity contribution < 1.29 is 14.8 Å². The molecule has 2 rings (SSSR count). The van der Waals surface area contributed by atoms with E-state index in [1.165, 1.54) is 4.90 Å². The summed E-state index contributed by atoms with van der Waals surface area (Å²) >= 11 is 0. The molecule has 6 heteroatoms. The number of likely N-dealkylation sites (tertiary alicyclic amines) is 1. The second-order valence-corrected chi connectivity index (χ2v) is 3.81. The van der Waals surface area contributed by atoms with Gasteiger partial charge in [-0.15, -0.1) is 0 Å². The Bertz CT molecular complexity index is 236. The van der Waals surface area contributed by atoms with E-state index in [1.807, 2.05) is 0 Å². The molecule has 1 saturated carbocycles. The fourth-order valence-electron chi connectivity index (χ4n) is 2.27. The van der Waals surface area contributed by atoms with Crippen LogP contribution in [0.25, 0.3) is 0 Å². The van der Waals surface area contributed by atoms with Crippen LogP contribution in [0.3, 0.4) is 0 Å². The van der Waals surface area contributed by atoms with Gasteiger partial charge in [-0.1, -0.05) is 0 Å². The average molecular weight is 184 g/mol. The van der Waals surface area contributed by atoms with Crippen molar-refractivity contribution in [3.05, 3.63) is 0 Å². The summed E-state index contributed by atoms with van der Waals surface area (Å²) in [6, 6.07) is 0. The standard InChI is InChI=1S/C7H13BN2O3/c9-2-6(11)10-3-4-1-5(4)7(10)8(12)13/h4-5,7,12-13H,1-3,9H2. The number of carbonyl (C=O) groups excluding carboxylic acids is 1. The highest BCUT2D eigenvalue weighted by molar-refractivity contribution is 6.44. The Labute approximate surface area is 76.7 Å². The lowest BCUT2D eigenvalue weighted by Gasteiger charge is -2.26. The van der Waals surface area contributed by atoms with E-state index in [4.69, 9.17) is 15.8 Å². The third-order valence-corrected chi connectivity index (χ3v) is 3.01. The predicted octanol–water partition coefficient (Wildman–Crippen LogP) is -2.20. The van der Waals surface area contributed by atoms with Gasteiger partial charge in [0.15, 0.2) is 0 Å². The lowest BCUT2D eigenvalue weighted by atomic mass is 9.76. The zero-order chi connectivity index (χ0) is 9.59. The van der Waals surface area contributed by atoms with Gasteiger partial charge in [-0.05, 0) is 18.3 Å². The van der Waals surface area contributed by atoms with Crippen LogP contribution in [-0.4, -0.2) is 47.0 Å². The largest absolute Gasteiger partial charge is 0.476 e. The highest BCUT2D eigenvalue weighted by atomic mass is 16.4. The summed E-state index contributed by atoms with van der Waals surface area (Å²) in [5.41, 5.74) is 5.22. The van der Waals surface area contributed by atoms with E-state index in [0.717, 1.165) is 6.42 Å². The third-order valence-electron chi connectivity index (χ3n) is 3.01. The molecule has 13 heavy (non-hydrogen) atoms. The number of rotatable bonds is 2. The number of hydrogen-bond acceptors (Lipinski definition) is 4. The Kier molecular flexibility index (Phi) is 2.05. The fourth-order valence-corrected chi connectivity index (χ4v) is 2.27. The summed E-state index contributed by atoms with van der Waals surface area (Å²) in [4.78, 5) is 12.8. The van der Waals surface area contributed by atoms with Crippen LogP contribution in [0.15, 0.2) is 0 Å². The summed E-state index contributed by atoms with van der Waals surface area (Å²) < 4.78 is 0. The van der Waals surface area contributed by atoms with Crippen LogP contribution in [-0.2, 0) is 4.79 Å². The number of amides is 1. The minimum Gasteiger partial charge on any atom is -0.426 e. The highest BCUT2D eigenvalue weighted by Crippen LogP contribution is 2.49. The Balaban J connectivity index is 2.07. The molecule has 1 aliphatic heterocycles. The van der Waals surface area contributed by atoms with Gasteiger partial charge >= 0.3 is 7.12 Å². The lowest BCUT2D eigenvalue weighted by Crippen LogP contribution is -2.50. The summed E-state index contributed by atoms with van der Waals surface area (Å²) in [5.74, 6) is 0.157. The Morgan fingerprint density at radius 2 is 2.31 bits per heavy atom. The Morgan fingerprint density at radius 3 is 2.85 bits per heavy atom. The van der Waals surface area contributed by atoms with Crippen LogP contribution in [0.4, 0.5) is 0 Å². The van der Waals surface area contributed by atoms with E-state index >= 15 is 0 Å². The zero-order valence-electron chi connectivity index (χ0n) is 7.26. The molecule has 5 nitrogen and oxygen atoms in total. The van der Waals surface area contributed by atoms with Gasteiger partial charge in [0.2, 0.25) is 5.91 Å². The molecule has 1 heterocycles. The molecule has 0 aromatic heterocycles. The van der Waals surface area contributed by atoms with Crippen LogP contribution < -0.4 is 5.73 Å². The molecule has 4 N–H and O–H groups in total.